The first-order valence-electron chi connectivity index (χ1n) is 8.96. The van der Waals surface area contributed by atoms with Gasteiger partial charge in [0.2, 0.25) is 0 Å². The lowest BCUT2D eigenvalue weighted by Crippen LogP contribution is -2.23. The Bertz CT molecular complexity index is 881. The fraction of sp³-hybridized carbons (Fsp3) is 0.300. The Labute approximate surface area is 147 Å². The Morgan fingerprint density at radius 2 is 2.04 bits per heavy atom. The minimum atomic E-state index is 0.863. The Morgan fingerprint density at radius 1 is 1.04 bits per heavy atom. The molecule has 2 N–H and O–H groups in total. The zero-order valence-electron chi connectivity index (χ0n) is 14.3. The van der Waals surface area contributed by atoms with Gasteiger partial charge in [0, 0.05) is 24.8 Å². The Balaban J connectivity index is 1.73. The van der Waals surface area contributed by atoms with E-state index in [0.717, 1.165) is 48.6 Å². The van der Waals surface area contributed by atoms with Crippen molar-refractivity contribution in [3.63, 3.8) is 0 Å². The first kappa shape index (κ1) is 15.8. The van der Waals surface area contributed by atoms with Crippen molar-refractivity contribution in [1.82, 2.24) is 19.9 Å². The van der Waals surface area contributed by atoms with E-state index >= 15 is 0 Å². The molecule has 1 aliphatic rings. The van der Waals surface area contributed by atoms with Crippen molar-refractivity contribution in [2.75, 3.05) is 25.0 Å². The summed E-state index contributed by atoms with van der Waals surface area (Å²) in [6.07, 6.45) is 11.9. The highest BCUT2D eigenvalue weighted by molar-refractivity contribution is 5.79. The summed E-state index contributed by atoms with van der Waals surface area (Å²) in [5.41, 5.74) is 4.30. The van der Waals surface area contributed by atoms with Crippen LogP contribution in [-0.2, 0) is 0 Å². The summed E-state index contributed by atoms with van der Waals surface area (Å²) in [4.78, 5) is 4.76. The number of aromatic nitrogens is 3. The SMILES string of the molecule is C1=Cc2cccc(c2)-c2cnn3ccc(nc23)NCCNCCCC1. The van der Waals surface area contributed by atoms with Crippen molar-refractivity contribution in [3.8, 4) is 11.1 Å². The second kappa shape index (κ2) is 7.49. The van der Waals surface area contributed by atoms with Crippen LogP contribution in [0.1, 0.15) is 24.8 Å². The maximum Gasteiger partial charge on any atom is 0.165 e. The smallest absolute Gasteiger partial charge is 0.165 e. The molecule has 25 heavy (non-hydrogen) atoms. The number of benzene rings is 1. The van der Waals surface area contributed by atoms with Crippen molar-refractivity contribution >= 4 is 17.5 Å². The van der Waals surface area contributed by atoms with Crippen molar-refractivity contribution in [1.29, 1.82) is 0 Å². The number of allylic oxidation sites excluding steroid dienone is 1. The zero-order chi connectivity index (χ0) is 16.9. The van der Waals surface area contributed by atoms with Gasteiger partial charge in [0.15, 0.2) is 5.65 Å². The lowest BCUT2D eigenvalue weighted by molar-refractivity contribution is 0.637. The largest absolute Gasteiger partial charge is 0.369 e. The van der Waals surface area contributed by atoms with E-state index in [9.17, 15) is 0 Å². The fourth-order valence-corrected chi connectivity index (χ4v) is 3.12. The standard InChI is InChI=1S/C20H23N5/c1-2-4-10-21-11-12-22-19-9-13-25-20(24-19)18(15-23-25)17-8-5-7-16(14-17)6-3-1/h3,5-9,13-15,21H,1-2,4,10-12H2,(H,22,24). The minimum Gasteiger partial charge on any atom is -0.369 e. The molecule has 1 aromatic carbocycles. The molecular formula is C20H23N5. The normalized spacial score (nSPS) is 15.8. The third-order valence-corrected chi connectivity index (χ3v) is 4.46. The molecule has 2 aromatic heterocycles. The molecule has 0 saturated heterocycles. The molecular weight excluding hydrogens is 310 g/mol. The molecule has 5 nitrogen and oxygen atoms in total. The van der Waals surface area contributed by atoms with Crippen molar-refractivity contribution in [2.24, 2.45) is 0 Å². The van der Waals surface area contributed by atoms with Crippen LogP contribution in [0.4, 0.5) is 5.82 Å². The van der Waals surface area contributed by atoms with Gasteiger partial charge in [-0.3, -0.25) is 0 Å². The lowest BCUT2D eigenvalue weighted by atomic mass is 10.0. The predicted molar refractivity (Wildman–Crippen MR) is 103 cm³/mol. The van der Waals surface area contributed by atoms with Gasteiger partial charge >= 0.3 is 0 Å². The average Bonchev–Trinajstić information content (AvgIpc) is 3.06. The quantitative estimate of drug-likeness (QED) is 0.660. The highest BCUT2D eigenvalue weighted by Crippen LogP contribution is 2.25. The monoisotopic (exact) mass is 333 g/mol. The van der Waals surface area contributed by atoms with Crippen LogP contribution in [0.5, 0.6) is 0 Å². The third-order valence-electron chi connectivity index (χ3n) is 4.46. The van der Waals surface area contributed by atoms with Gasteiger partial charge in [-0.2, -0.15) is 5.10 Å². The summed E-state index contributed by atoms with van der Waals surface area (Å²) in [7, 11) is 0. The van der Waals surface area contributed by atoms with Crippen molar-refractivity contribution in [3.05, 3.63) is 54.4 Å². The summed E-state index contributed by atoms with van der Waals surface area (Å²) >= 11 is 0. The fourth-order valence-electron chi connectivity index (χ4n) is 3.12. The van der Waals surface area contributed by atoms with Crippen LogP contribution in [0, 0.1) is 0 Å². The Morgan fingerprint density at radius 3 is 3.04 bits per heavy atom. The summed E-state index contributed by atoms with van der Waals surface area (Å²) in [6, 6.07) is 10.5. The van der Waals surface area contributed by atoms with Crippen LogP contribution in [0.2, 0.25) is 0 Å². The minimum absolute atomic E-state index is 0.863. The molecule has 0 atom stereocenters. The molecule has 0 aliphatic carbocycles. The number of anilines is 1. The topological polar surface area (TPSA) is 54.2 Å². The maximum atomic E-state index is 4.76. The van der Waals surface area contributed by atoms with E-state index in [1.165, 1.54) is 18.4 Å². The molecule has 5 heteroatoms. The highest BCUT2D eigenvalue weighted by Gasteiger charge is 2.09. The number of hydrogen-bond donors (Lipinski definition) is 2. The lowest BCUT2D eigenvalue weighted by Gasteiger charge is -2.07. The van der Waals surface area contributed by atoms with Gasteiger partial charge in [-0.05, 0) is 49.1 Å². The first-order chi connectivity index (χ1) is 12.4. The molecule has 128 valence electrons. The first-order valence-corrected chi connectivity index (χ1v) is 8.96. The van der Waals surface area contributed by atoms with Gasteiger partial charge < -0.3 is 10.6 Å². The van der Waals surface area contributed by atoms with Gasteiger partial charge in [0.1, 0.15) is 5.82 Å². The number of nitrogens with zero attached hydrogens (tertiary/aromatic N) is 3. The molecule has 4 bridgehead atoms. The highest BCUT2D eigenvalue weighted by atomic mass is 15.2. The van der Waals surface area contributed by atoms with E-state index in [1.54, 1.807) is 0 Å². The van der Waals surface area contributed by atoms with Gasteiger partial charge in [-0.1, -0.05) is 30.4 Å². The van der Waals surface area contributed by atoms with Crippen LogP contribution in [0.15, 0.2) is 48.8 Å². The second-order valence-corrected chi connectivity index (χ2v) is 6.34. The Hall–Kier alpha value is -2.66. The molecule has 0 amide bonds. The third kappa shape index (κ3) is 3.72. The van der Waals surface area contributed by atoms with E-state index in [-0.39, 0.29) is 0 Å². The van der Waals surface area contributed by atoms with Gasteiger partial charge in [-0.25, -0.2) is 9.50 Å². The summed E-state index contributed by atoms with van der Waals surface area (Å²) < 4.78 is 1.83. The van der Waals surface area contributed by atoms with E-state index < -0.39 is 0 Å². The molecule has 3 aromatic rings. The Kier molecular flexibility index (Phi) is 4.74. The second-order valence-electron chi connectivity index (χ2n) is 6.34. The summed E-state index contributed by atoms with van der Waals surface area (Å²) in [5.74, 6) is 0.886. The van der Waals surface area contributed by atoms with Crippen molar-refractivity contribution in [2.45, 2.75) is 19.3 Å². The molecule has 1 aliphatic heterocycles. The van der Waals surface area contributed by atoms with Crippen LogP contribution >= 0.6 is 0 Å². The molecule has 3 heterocycles. The van der Waals surface area contributed by atoms with E-state index in [4.69, 9.17) is 4.98 Å². The number of hydrogen-bond acceptors (Lipinski definition) is 4. The molecule has 0 fully saturated rings. The summed E-state index contributed by atoms with van der Waals surface area (Å²) in [5, 5.41) is 11.3. The van der Waals surface area contributed by atoms with Crippen LogP contribution in [-0.4, -0.2) is 34.2 Å². The number of rotatable bonds is 0. The van der Waals surface area contributed by atoms with Crippen LogP contribution in [0.3, 0.4) is 0 Å². The van der Waals surface area contributed by atoms with Gasteiger partial charge in [-0.15, -0.1) is 0 Å². The van der Waals surface area contributed by atoms with Crippen LogP contribution < -0.4 is 10.6 Å². The average molecular weight is 333 g/mol. The maximum absolute atomic E-state index is 4.76. The van der Waals surface area contributed by atoms with Gasteiger partial charge in [0.05, 0.1) is 6.20 Å². The molecule has 0 unspecified atom stereocenters. The molecule has 0 saturated carbocycles. The molecule has 0 spiro atoms. The van der Waals surface area contributed by atoms with E-state index in [0.29, 0.717) is 0 Å². The molecule has 0 radical (unpaired) electrons. The zero-order valence-corrected chi connectivity index (χ0v) is 14.3. The van der Waals surface area contributed by atoms with Crippen LogP contribution in [0.25, 0.3) is 22.9 Å². The number of nitrogens with one attached hydrogen (secondary N) is 2. The van der Waals surface area contributed by atoms with E-state index in [2.05, 4.69) is 52.1 Å². The van der Waals surface area contributed by atoms with Crippen molar-refractivity contribution < 1.29 is 0 Å². The predicted octanol–water partition coefficient (Wildman–Crippen LogP) is 3.59. The summed E-state index contributed by atoms with van der Waals surface area (Å²) in [6.45, 7) is 2.86. The number of fused-ring (bicyclic) bond motifs is 4. The van der Waals surface area contributed by atoms with E-state index in [1.807, 2.05) is 23.0 Å². The molecule has 4 rings (SSSR count). The van der Waals surface area contributed by atoms with Gasteiger partial charge in [0.25, 0.3) is 0 Å².